The van der Waals surface area contributed by atoms with E-state index in [4.69, 9.17) is 0 Å². The van der Waals surface area contributed by atoms with Gasteiger partial charge >= 0.3 is 0 Å². The number of aromatic nitrogens is 1. The number of rotatable bonds is 2. The fourth-order valence-electron chi connectivity index (χ4n) is 0.887. The molecule has 0 aliphatic carbocycles. The van der Waals surface area contributed by atoms with Crippen LogP contribution in [0, 0.1) is 6.92 Å². The Hall–Kier alpha value is -0.900. The molecule has 0 saturated heterocycles. The van der Waals surface area contributed by atoms with Gasteiger partial charge in [-0.25, -0.2) is 8.42 Å². The van der Waals surface area contributed by atoms with Crippen LogP contribution in [0.3, 0.4) is 0 Å². The average Bonchev–Trinajstić information content (AvgIpc) is 1.91. The lowest BCUT2D eigenvalue weighted by Crippen LogP contribution is -2.00. The second-order valence-corrected chi connectivity index (χ2v) is 5.02. The molecule has 0 spiro atoms. The molecule has 0 amide bonds. The summed E-state index contributed by atoms with van der Waals surface area (Å²) < 4.78 is 21.7. The zero-order valence-electron chi connectivity index (χ0n) is 7.11. The standard InChI is InChI=1S/C8H11NO2S/c1-7-3-4-8(5-9-7)6-12(2,10)11/h3-5H,6H2,1-2H3. The molecule has 3 nitrogen and oxygen atoms in total. The Balaban J connectivity index is 2.85. The zero-order chi connectivity index (χ0) is 9.19. The first-order valence-electron chi connectivity index (χ1n) is 3.56. The first-order valence-corrected chi connectivity index (χ1v) is 5.63. The molecule has 0 atom stereocenters. The third-order valence-corrected chi connectivity index (χ3v) is 2.26. The van der Waals surface area contributed by atoms with Crippen LogP contribution in [-0.4, -0.2) is 19.7 Å². The van der Waals surface area contributed by atoms with Crippen LogP contribution in [0.2, 0.25) is 0 Å². The van der Waals surface area contributed by atoms with E-state index >= 15 is 0 Å². The average molecular weight is 185 g/mol. The normalized spacial score (nSPS) is 11.5. The first kappa shape index (κ1) is 9.19. The molecule has 0 aliphatic heterocycles. The highest BCUT2D eigenvalue weighted by atomic mass is 32.2. The van der Waals surface area contributed by atoms with Gasteiger partial charge in [0.15, 0.2) is 9.84 Å². The van der Waals surface area contributed by atoms with Crippen LogP contribution in [0.4, 0.5) is 0 Å². The summed E-state index contributed by atoms with van der Waals surface area (Å²) in [5, 5.41) is 0. The Labute approximate surface area is 72.4 Å². The van der Waals surface area contributed by atoms with E-state index in [1.807, 2.05) is 6.92 Å². The molecular weight excluding hydrogens is 174 g/mol. The van der Waals surface area contributed by atoms with Crippen LogP contribution < -0.4 is 0 Å². The van der Waals surface area contributed by atoms with E-state index in [9.17, 15) is 8.42 Å². The van der Waals surface area contributed by atoms with Crippen LogP contribution in [-0.2, 0) is 15.6 Å². The quantitative estimate of drug-likeness (QED) is 0.688. The molecule has 4 heteroatoms. The summed E-state index contributed by atoms with van der Waals surface area (Å²) in [6.07, 6.45) is 2.81. The minimum atomic E-state index is -2.93. The van der Waals surface area contributed by atoms with Crippen molar-refractivity contribution in [2.24, 2.45) is 0 Å². The summed E-state index contributed by atoms with van der Waals surface area (Å²) >= 11 is 0. The minimum Gasteiger partial charge on any atom is -0.261 e. The van der Waals surface area contributed by atoms with Gasteiger partial charge in [-0.3, -0.25) is 4.98 Å². The van der Waals surface area contributed by atoms with Gasteiger partial charge in [0.25, 0.3) is 0 Å². The van der Waals surface area contributed by atoms with Crippen LogP contribution in [0.5, 0.6) is 0 Å². The fraction of sp³-hybridized carbons (Fsp3) is 0.375. The van der Waals surface area contributed by atoms with E-state index in [2.05, 4.69) is 4.98 Å². The molecule has 0 saturated carbocycles. The number of hydrogen-bond acceptors (Lipinski definition) is 3. The van der Waals surface area contributed by atoms with Crippen molar-refractivity contribution < 1.29 is 8.42 Å². The van der Waals surface area contributed by atoms with Gasteiger partial charge in [0.2, 0.25) is 0 Å². The zero-order valence-corrected chi connectivity index (χ0v) is 7.93. The van der Waals surface area contributed by atoms with Gasteiger partial charge in [0, 0.05) is 18.1 Å². The van der Waals surface area contributed by atoms with E-state index in [1.165, 1.54) is 6.26 Å². The SMILES string of the molecule is Cc1ccc(CS(C)(=O)=O)cn1. The van der Waals surface area contributed by atoms with Crippen molar-refractivity contribution >= 4 is 9.84 Å². The second kappa shape index (κ2) is 3.23. The number of hydrogen-bond donors (Lipinski definition) is 0. The third kappa shape index (κ3) is 3.00. The van der Waals surface area contributed by atoms with Gasteiger partial charge in [0.1, 0.15) is 0 Å². The van der Waals surface area contributed by atoms with Gasteiger partial charge in [0.05, 0.1) is 5.75 Å². The molecule has 0 N–H and O–H groups in total. The molecular formula is C8H11NO2S. The maximum atomic E-state index is 10.9. The number of sulfone groups is 1. The Morgan fingerprint density at radius 1 is 1.42 bits per heavy atom. The largest absolute Gasteiger partial charge is 0.261 e. The summed E-state index contributed by atoms with van der Waals surface area (Å²) in [5.41, 5.74) is 1.63. The highest BCUT2D eigenvalue weighted by molar-refractivity contribution is 7.89. The van der Waals surface area contributed by atoms with Crippen LogP contribution in [0.25, 0.3) is 0 Å². The maximum absolute atomic E-state index is 10.9. The molecule has 1 aromatic heterocycles. The number of nitrogens with zero attached hydrogens (tertiary/aromatic N) is 1. The van der Waals surface area contributed by atoms with Gasteiger partial charge in [-0.1, -0.05) is 6.07 Å². The van der Waals surface area contributed by atoms with E-state index in [0.717, 1.165) is 11.3 Å². The first-order chi connectivity index (χ1) is 5.47. The van der Waals surface area contributed by atoms with Gasteiger partial charge in [-0.05, 0) is 18.6 Å². The molecule has 0 fully saturated rings. The third-order valence-electron chi connectivity index (χ3n) is 1.40. The molecule has 1 rings (SSSR count). The van der Waals surface area contributed by atoms with E-state index in [0.29, 0.717) is 0 Å². The van der Waals surface area contributed by atoms with E-state index in [1.54, 1.807) is 18.3 Å². The summed E-state index contributed by atoms with van der Waals surface area (Å²) in [7, 11) is -2.93. The van der Waals surface area contributed by atoms with Crippen molar-refractivity contribution in [3.63, 3.8) is 0 Å². The second-order valence-electron chi connectivity index (χ2n) is 2.88. The lowest BCUT2D eigenvalue weighted by molar-refractivity contribution is 0.601. The van der Waals surface area contributed by atoms with E-state index in [-0.39, 0.29) is 5.75 Å². The molecule has 0 aliphatic rings. The van der Waals surface area contributed by atoms with Crippen LogP contribution in [0.15, 0.2) is 18.3 Å². The summed E-state index contributed by atoms with van der Waals surface area (Å²) in [6.45, 7) is 1.87. The summed E-state index contributed by atoms with van der Waals surface area (Å²) in [6, 6.07) is 3.59. The molecule has 0 unspecified atom stereocenters. The molecule has 66 valence electrons. The van der Waals surface area contributed by atoms with Crippen molar-refractivity contribution in [3.8, 4) is 0 Å². The van der Waals surface area contributed by atoms with Crippen molar-refractivity contribution in [1.82, 2.24) is 4.98 Å². The Kier molecular flexibility index (Phi) is 2.47. The lowest BCUT2D eigenvalue weighted by atomic mass is 10.3. The summed E-state index contributed by atoms with van der Waals surface area (Å²) in [5.74, 6) is 0.0697. The number of pyridine rings is 1. The Bertz CT molecular complexity index is 353. The topological polar surface area (TPSA) is 47.0 Å². The maximum Gasteiger partial charge on any atom is 0.151 e. The fourth-order valence-corrected chi connectivity index (χ4v) is 1.66. The van der Waals surface area contributed by atoms with Gasteiger partial charge in [-0.2, -0.15) is 0 Å². The van der Waals surface area contributed by atoms with Crippen molar-refractivity contribution in [2.45, 2.75) is 12.7 Å². The van der Waals surface area contributed by atoms with Crippen LogP contribution in [0.1, 0.15) is 11.3 Å². The highest BCUT2D eigenvalue weighted by Crippen LogP contribution is 2.03. The monoisotopic (exact) mass is 185 g/mol. The molecule has 1 aromatic rings. The van der Waals surface area contributed by atoms with Crippen molar-refractivity contribution in [1.29, 1.82) is 0 Å². The molecule has 12 heavy (non-hydrogen) atoms. The minimum absolute atomic E-state index is 0.0697. The predicted octanol–water partition coefficient (Wildman–Crippen LogP) is 0.935. The van der Waals surface area contributed by atoms with Crippen LogP contribution >= 0.6 is 0 Å². The van der Waals surface area contributed by atoms with Crippen molar-refractivity contribution in [2.75, 3.05) is 6.26 Å². The predicted molar refractivity (Wildman–Crippen MR) is 47.5 cm³/mol. The smallest absolute Gasteiger partial charge is 0.151 e. The highest BCUT2D eigenvalue weighted by Gasteiger charge is 2.03. The molecule has 0 radical (unpaired) electrons. The van der Waals surface area contributed by atoms with Crippen molar-refractivity contribution in [3.05, 3.63) is 29.6 Å². The summed E-state index contributed by atoms with van der Waals surface area (Å²) in [4.78, 5) is 4.00. The number of aryl methyl sites for hydroxylation is 1. The van der Waals surface area contributed by atoms with Gasteiger partial charge < -0.3 is 0 Å². The Morgan fingerprint density at radius 2 is 2.08 bits per heavy atom. The lowest BCUT2D eigenvalue weighted by Gasteiger charge is -1.98. The molecule has 0 bridgehead atoms. The molecule has 1 heterocycles. The van der Waals surface area contributed by atoms with Gasteiger partial charge in [-0.15, -0.1) is 0 Å². The molecule has 0 aromatic carbocycles. The Morgan fingerprint density at radius 3 is 2.50 bits per heavy atom. The van der Waals surface area contributed by atoms with E-state index < -0.39 is 9.84 Å².